The second-order valence-corrected chi connectivity index (χ2v) is 12.3. The molecule has 0 spiro atoms. The molecule has 6 atom stereocenters. The van der Waals surface area contributed by atoms with E-state index < -0.39 is 36.4 Å². The van der Waals surface area contributed by atoms with Crippen LogP contribution < -0.4 is 0 Å². The Morgan fingerprint density at radius 2 is 1.68 bits per heavy atom. The van der Waals surface area contributed by atoms with Crippen molar-refractivity contribution in [2.75, 3.05) is 6.61 Å². The number of rotatable bonds is 13. The van der Waals surface area contributed by atoms with Crippen molar-refractivity contribution in [1.82, 2.24) is 15.2 Å². The van der Waals surface area contributed by atoms with E-state index in [1.165, 1.54) is 0 Å². The van der Waals surface area contributed by atoms with Crippen LogP contribution in [-0.4, -0.2) is 71.9 Å². The highest BCUT2D eigenvalue weighted by molar-refractivity contribution is 5.12. The molecule has 0 aromatic carbocycles. The minimum absolute atomic E-state index is 0.00794. The molecule has 0 radical (unpaired) electrons. The number of nitrogens with zero attached hydrogens (tertiary/aromatic N) is 3. The van der Waals surface area contributed by atoms with Gasteiger partial charge in [0.05, 0.1) is 60.4 Å². The third-order valence-corrected chi connectivity index (χ3v) is 8.07. The van der Waals surface area contributed by atoms with E-state index in [4.69, 9.17) is 9.47 Å². The molecule has 1 saturated heterocycles. The minimum atomic E-state index is -1.64. The fraction of sp³-hybridized carbons (Fsp3) is 0.690. The van der Waals surface area contributed by atoms with Gasteiger partial charge in [-0.25, -0.2) is 0 Å². The highest BCUT2D eigenvalue weighted by Gasteiger charge is 2.69. The lowest BCUT2D eigenvalue weighted by Crippen LogP contribution is -2.62. The van der Waals surface area contributed by atoms with Gasteiger partial charge in [0.2, 0.25) is 0 Å². The summed E-state index contributed by atoms with van der Waals surface area (Å²) in [6.07, 6.45) is 4.09. The van der Waals surface area contributed by atoms with Crippen molar-refractivity contribution in [3.05, 3.63) is 53.6 Å². The first-order valence-corrected chi connectivity index (χ1v) is 13.7. The Hall–Kier alpha value is -2.01. The number of hydrogen-bond donors (Lipinski definition) is 4. The smallest absolute Gasteiger partial charge is 0.181 e. The van der Waals surface area contributed by atoms with Crippen LogP contribution in [0.2, 0.25) is 0 Å². The average Bonchev–Trinajstić information content (AvgIpc) is 3.00. The molecular formula is C29H43N3O6. The van der Waals surface area contributed by atoms with Crippen LogP contribution in [0.15, 0.2) is 36.5 Å². The van der Waals surface area contributed by atoms with Crippen LogP contribution in [0.5, 0.6) is 0 Å². The summed E-state index contributed by atoms with van der Waals surface area (Å²) in [5.74, 6) is -3.08. The first kappa shape index (κ1) is 29.0. The molecule has 0 bridgehead atoms. The molecule has 1 aliphatic heterocycles. The van der Waals surface area contributed by atoms with Crippen LogP contribution in [0.4, 0.5) is 0 Å². The molecule has 4 N–H and O–H groups in total. The number of hydrogen-bond acceptors (Lipinski definition) is 9. The lowest BCUT2D eigenvalue weighted by atomic mass is 9.76. The van der Waals surface area contributed by atoms with E-state index in [1.54, 1.807) is 6.20 Å². The van der Waals surface area contributed by atoms with Crippen LogP contribution in [-0.2, 0) is 28.9 Å². The molecule has 1 saturated carbocycles. The van der Waals surface area contributed by atoms with Gasteiger partial charge in [-0.1, -0.05) is 26.3 Å². The number of aliphatic hydroxyl groups is 4. The molecule has 9 heteroatoms. The van der Waals surface area contributed by atoms with Gasteiger partial charge in [0.15, 0.2) is 5.79 Å². The fourth-order valence-electron chi connectivity index (χ4n) is 6.30. The highest BCUT2D eigenvalue weighted by Crippen LogP contribution is 2.54. The Kier molecular flexibility index (Phi) is 8.86. The van der Waals surface area contributed by atoms with Crippen molar-refractivity contribution in [2.45, 2.75) is 103 Å². The maximum absolute atomic E-state index is 10.6. The Morgan fingerprint density at radius 3 is 2.34 bits per heavy atom. The summed E-state index contributed by atoms with van der Waals surface area (Å²) in [5.41, 5.74) is 2.39. The van der Waals surface area contributed by atoms with E-state index in [-0.39, 0.29) is 17.1 Å². The van der Waals surface area contributed by atoms with Crippen LogP contribution >= 0.6 is 0 Å². The molecule has 6 unspecified atom stereocenters. The van der Waals surface area contributed by atoms with E-state index in [0.717, 1.165) is 49.2 Å². The van der Waals surface area contributed by atoms with Crippen molar-refractivity contribution in [1.29, 1.82) is 0 Å². The van der Waals surface area contributed by atoms with Crippen LogP contribution in [0.1, 0.15) is 70.5 Å². The van der Waals surface area contributed by atoms with Gasteiger partial charge in [-0.15, -0.1) is 0 Å². The molecule has 210 valence electrons. The van der Waals surface area contributed by atoms with E-state index in [0.29, 0.717) is 13.0 Å². The number of aryl methyl sites for hydroxylation is 2. The average molecular weight is 530 g/mol. The van der Waals surface area contributed by atoms with Gasteiger partial charge in [-0.3, -0.25) is 4.98 Å². The molecule has 1 aliphatic carbocycles. The number of ether oxygens (including phenoxy) is 2. The standard InChI is InChI=1S/C29H43N3O6/c1-27(2,14-7-9-23-24-26(35)25(34)22(16-33)29(24,36)38-23)18-28(3,4)37-17-21-13-12-20(31-32-21)11-10-19-8-5-6-15-30-19/h5-6,8,12-13,15,22-26,33-36H,7,9-11,14,16-18H2,1-4H3. The quantitative estimate of drug-likeness (QED) is 0.308. The molecule has 2 aliphatic rings. The maximum atomic E-state index is 10.6. The second kappa shape index (κ2) is 11.6. The molecule has 3 heterocycles. The van der Waals surface area contributed by atoms with Gasteiger partial charge < -0.3 is 29.9 Å². The molecular weight excluding hydrogens is 486 g/mol. The van der Waals surface area contributed by atoms with Crippen molar-refractivity contribution in [3.63, 3.8) is 0 Å². The van der Waals surface area contributed by atoms with E-state index in [2.05, 4.69) is 42.9 Å². The van der Waals surface area contributed by atoms with Gasteiger partial charge >= 0.3 is 0 Å². The van der Waals surface area contributed by atoms with Gasteiger partial charge in [0.25, 0.3) is 0 Å². The molecule has 38 heavy (non-hydrogen) atoms. The maximum Gasteiger partial charge on any atom is 0.181 e. The van der Waals surface area contributed by atoms with E-state index in [9.17, 15) is 20.4 Å². The molecule has 2 aromatic heterocycles. The normalized spacial score (nSPS) is 29.2. The monoisotopic (exact) mass is 529 g/mol. The van der Waals surface area contributed by atoms with Crippen molar-refractivity contribution >= 4 is 0 Å². The lowest BCUT2D eigenvalue weighted by Gasteiger charge is -2.50. The van der Waals surface area contributed by atoms with Crippen LogP contribution in [0.25, 0.3) is 0 Å². The third kappa shape index (κ3) is 6.58. The number of pyridine rings is 1. The van der Waals surface area contributed by atoms with Gasteiger partial charge in [-0.2, -0.15) is 10.2 Å². The summed E-state index contributed by atoms with van der Waals surface area (Å²) in [7, 11) is 0. The molecule has 9 nitrogen and oxygen atoms in total. The van der Waals surface area contributed by atoms with Crippen molar-refractivity contribution in [2.24, 2.45) is 17.3 Å². The second-order valence-electron chi connectivity index (χ2n) is 12.3. The van der Waals surface area contributed by atoms with Gasteiger partial charge in [0.1, 0.15) is 0 Å². The summed E-state index contributed by atoms with van der Waals surface area (Å²) in [6, 6.07) is 9.88. The Labute approximate surface area is 225 Å². The summed E-state index contributed by atoms with van der Waals surface area (Å²) in [5, 5.41) is 49.3. The predicted molar refractivity (Wildman–Crippen MR) is 141 cm³/mol. The first-order valence-electron chi connectivity index (χ1n) is 13.7. The summed E-state index contributed by atoms with van der Waals surface area (Å²) < 4.78 is 11.9. The van der Waals surface area contributed by atoms with Crippen molar-refractivity contribution in [3.8, 4) is 0 Å². The zero-order valence-electron chi connectivity index (χ0n) is 23.0. The zero-order chi connectivity index (χ0) is 27.6. The minimum Gasteiger partial charge on any atom is -0.396 e. The van der Waals surface area contributed by atoms with Gasteiger partial charge in [-0.05, 0) is 75.6 Å². The number of fused-ring (bicyclic) bond motifs is 1. The first-order chi connectivity index (χ1) is 17.9. The number of aromatic nitrogens is 3. The predicted octanol–water partition coefficient (Wildman–Crippen LogP) is 2.59. The Morgan fingerprint density at radius 1 is 0.974 bits per heavy atom. The fourth-order valence-corrected chi connectivity index (χ4v) is 6.30. The molecule has 2 fully saturated rings. The third-order valence-electron chi connectivity index (χ3n) is 8.07. The Balaban J connectivity index is 1.19. The van der Waals surface area contributed by atoms with Crippen molar-refractivity contribution < 1.29 is 29.9 Å². The topological polar surface area (TPSA) is 138 Å². The zero-order valence-corrected chi connectivity index (χ0v) is 23.0. The molecule has 4 rings (SSSR count). The van der Waals surface area contributed by atoms with Crippen LogP contribution in [0.3, 0.4) is 0 Å². The largest absolute Gasteiger partial charge is 0.396 e. The number of aliphatic hydroxyl groups excluding tert-OH is 3. The lowest BCUT2D eigenvalue weighted by molar-refractivity contribution is -0.381. The molecule has 0 amide bonds. The SMILES string of the molecule is CC(C)(CCCC1OC2(O)C(CO)C(O)C(O)C12)CC(C)(C)OCc1ccc(CCc2ccccn2)nn1. The molecule has 2 aromatic rings. The van der Waals surface area contributed by atoms with Crippen LogP contribution in [0, 0.1) is 17.3 Å². The highest BCUT2D eigenvalue weighted by atomic mass is 16.7. The van der Waals surface area contributed by atoms with Gasteiger partial charge in [0, 0.05) is 11.9 Å². The summed E-state index contributed by atoms with van der Waals surface area (Å²) in [6.45, 7) is 8.55. The summed E-state index contributed by atoms with van der Waals surface area (Å²) in [4.78, 5) is 4.35. The van der Waals surface area contributed by atoms with E-state index >= 15 is 0 Å². The Bertz CT molecular complexity index is 1030. The summed E-state index contributed by atoms with van der Waals surface area (Å²) >= 11 is 0. The van der Waals surface area contributed by atoms with E-state index in [1.807, 2.05) is 30.3 Å².